The Morgan fingerprint density at radius 1 is 1.12 bits per heavy atom. The van der Waals surface area contributed by atoms with Gasteiger partial charge in [0.1, 0.15) is 0 Å². The maximum absolute atomic E-state index is 4.01. The van der Waals surface area contributed by atoms with Crippen LogP contribution in [0, 0.1) is 11.8 Å². The van der Waals surface area contributed by atoms with Crippen molar-refractivity contribution in [3.8, 4) is 0 Å². The lowest BCUT2D eigenvalue weighted by Crippen LogP contribution is -2.33. The van der Waals surface area contributed by atoms with E-state index in [2.05, 4.69) is 50.1 Å². The SMILES string of the molecule is CC(C)CC(CC(C)C)NC(C)c1cn[nH]c1. The molecule has 3 nitrogen and oxygen atoms in total. The van der Waals surface area contributed by atoms with E-state index in [0.717, 1.165) is 11.8 Å². The molecule has 0 aromatic carbocycles. The zero-order chi connectivity index (χ0) is 12.8. The number of H-pyrrole nitrogens is 1. The minimum atomic E-state index is 0.372. The van der Waals surface area contributed by atoms with Crippen LogP contribution in [0.3, 0.4) is 0 Å². The average Bonchev–Trinajstić information content (AvgIpc) is 2.67. The summed E-state index contributed by atoms with van der Waals surface area (Å²) in [5.74, 6) is 1.48. The first-order valence-electron chi connectivity index (χ1n) is 6.73. The predicted molar refractivity (Wildman–Crippen MR) is 72.8 cm³/mol. The van der Waals surface area contributed by atoms with Gasteiger partial charge in [-0.05, 0) is 31.6 Å². The largest absolute Gasteiger partial charge is 0.307 e. The Hall–Kier alpha value is -0.830. The number of hydrogen-bond acceptors (Lipinski definition) is 2. The zero-order valence-electron chi connectivity index (χ0n) is 11.8. The van der Waals surface area contributed by atoms with Crippen LogP contribution in [0.2, 0.25) is 0 Å². The van der Waals surface area contributed by atoms with Crippen molar-refractivity contribution in [3.05, 3.63) is 18.0 Å². The number of aromatic nitrogens is 2. The van der Waals surface area contributed by atoms with Crippen LogP contribution in [0.5, 0.6) is 0 Å². The molecular weight excluding hydrogens is 210 g/mol. The molecule has 1 atom stereocenters. The highest BCUT2D eigenvalue weighted by Gasteiger charge is 2.16. The van der Waals surface area contributed by atoms with E-state index in [1.165, 1.54) is 18.4 Å². The van der Waals surface area contributed by atoms with Gasteiger partial charge in [0, 0.05) is 23.8 Å². The van der Waals surface area contributed by atoms with Crippen LogP contribution in [0.25, 0.3) is 0 Å². The van der Waals surface area contributed by atoms with Gasteiger partial charge in [0.05, 0.1) is 6.20 Å². The number of aromatic amines is 1. The summed E-state index contributed by atoms with van der Waals surface area (Å²) >= 11 is 0. The lowest BCUT2D eigenvalue weighted by atomic mass is 9.94. The lowest BCUT2D eigenvalue weighted by molar-refractivity contribution is 0.335. The summed E-state index contributed by atoms with van der Waals surface area (Å²) < 4.78 is 0. The lowest BCUT2D eigenvalue weighted by Gasteiger charge is -2.26. The second kappa shape index (κ2) is 6.80. The van der Waals surface area contributed by atoms with Crippen molar-refractivity contribution in [3.63, 3.8) is 0 Å². The highest BCUT2D eigenvalue weighted by molar-refractivity contribution is 5.08. The second-order valence-corrected chi connectivity index (χ2v) is 5.88. The molecule has 98 valence electrons. The molecule has 1 heterocycles. The first-order chi connectivity index (χ1) is 7.99. The smallest absolute Gasteiger partial charge is 0.0534 e. The highest BCUT2D eigenvalue weighted by atomic mass is 15.1. The number of rotatable bonds is 7. The van der Waals surface area contributed by atoms with E-state index in [9.17, 15) is 0 Å². The third-order valence-electron chi connectivity index (χ3n) is 3.02. The van der Waals surface area contributed by atoms with Gasteiger partial charge in [0.2, 0.25) is 0 Å². The van der Waals surface area contributed by atoms with Crippen molar-refractivity contribution in [2.24, 2.45) is 11.8 Å². The van der Waals surface area contributed by atoms with Crippen LogP contribution >= 0.6 is 0 Å². The number of hydrogen-bond donors (Lipinski definition) is 2. The molecular formula is C14H27N3. The summed E-state index contributed by atoms with van der Waals surface area (Å²) in [7, 11) is 0. The van der Waals surface area contributed by atoms with Crippen LogP contribution in [0.15, 0.2) is 12.4 Å². The van der Waals surface area contributed by atoms with E-state index >= 15 is 0 Å². The summed E-state index contributed by atoms with van der Waals surface area (Å²) in [5, 5.41) is 10.6. The van der Waals surface area contributed by atoms with Gasteiger partial charge in [0.15, 0.2) is 0 Å². The van der Waals surface area contributed by atoms with Crippen molar-refractivity contribution >= 4 is 0 Å². The van der Waals surface area contributed by atoms with E-state index in [4.69, 9.17) is 0 Å². The van der Waals surface area contributed by atoms with Crippen molar-refractivity contribution in [2.45, 2.75) is 59.5 Å². The van der Waals surface area contributed by atoms with E-state index in [0.29, 0.717) is 12.1 Å². The van der Waals surface area contributed by atoms with E-state index in [-0.39, 0.29) is 0 Å². The standard InChI is InChI=1S/C14H27N3/c1-10(2)6-14(7-11(3)4)17-12(5)13-8-15-16-9-13/h8-12,14,17H,6-7H2,1-5H3,(H,15,16). The third kappa shape index (κ3) is 5.35. The Bertz CT molecular complexity index is 280. The summed E-state index contributed by atoms with van der Waals surface area (Å²) in [4.78, 5) is 0. The number of nitrogens with one attached hydrogen (secondary N) is 2. The van der Waals surface area contributed by atoms with Crippen LogP contribution in [-0.4, -0.2) is 16.2 Å². The molecule has 0 bridgehead atoms. The van der Waals surface area contributed by atoms with Crippen molar-refractivity contribution in [1.29, 1.82) is 0 Å². The maximum atomic E-state index is 4.01. The first-order valence-corrected chi connectivity index (χ1v) is 6.73. The molecule has 3 heteroatoms. The van der Waals surface area contributed by atoms with Gasteiger partial charge < -0.3 is 5.32 Å². The van der Waals surface area contributed by atoms with Crippen LogP contribution < -0.4 is 5.32 Å². The van der Waals surface area contributed by atoms with Gasteiger partial charge in [-0.1, -0.05) is 27.7 Å². The van der Waals surface area contributed by atoms with Crippen molar-refractivity contribution in [1.82, 2.24) is 15.5 Å². The Morgan fingerprint density at radius 3 is 2.12 bits per heavy atom. The molecule has 0 aliphatic heterocycles. The first kappa shape index (κ1) is 14.2. The maximum Gasteiger partial charge on any atom is 0.0534 e. The van der Waals surface area contributed by atoms with Crippen LogP contribution in [0.4, 0.5) is 0 Å². The fraction of sp³-hybridized carbons (Fsp3) is 0.786. The third-order valence-corrected chi connectivity index (χ3v) is 3.02. The van der Waals surface area contributed by atoms with E-state index < -0.39 is 0 Å². The van der Waals surface area contributed by atoms with E-state index in [1.807, 2.05) is 12.4 Å². The Balaban J connectivity index is 2.52. The number of nitrogens with zero attached hydrogens (tertiary/aromatic N) is 1. The fourth-order valence-electron chi connectivity index (χ4n) is 2.32. The minimum Gasteiger partial charge on any atom is -0.307 e. The Labute approximate surface area is 105 Å². The van der Waals surface area contributed by atoms with Crippen LogP contribution in [0.1, 0.15) is 59.1 Å². The molecule has 0 spiro atoms. The van der Waals surface area contributed by atoms with Crippen LogP contribution in [-0.2, 0) is 0 Å². The summed E-state index contributed by atoms with van der Waals surface area (Å²) in [6, 6.07) is 0.969. The Kier molecular flexibility index (Phi) is 5.69. The van der Waals surface area contributed by atoms with Gasteiger partial charge in [0.25, 0.3) is 0 Å². The summed E-state index contributed by atoms with van der Waals surface area (Å²) in [5.41, 5.74) is 1.24. The van der Waals surface area contributed by atoms with Crippen molar-refractivity contribution in [2.75, 3.05) is 0 Å². The van der Waals surface area contributed by atoms with E-state index in [1.54, 1.807) is 0 Å². The molecule has 0 fully saturated rings. The van der Waals surface area contributed by atoms with Crippen molar-refractivity contribution < 1.29 is 0 Å². The molecule has 1 unspecified atom stereocenters. The molecule has 1 aromatic heterocycles. The topological polar surface area (TPSA) is 40.7 Å². The average molecular weight is 237 g/mol. The molecule has 1 aromatic rings. The molecule has 0 amide bonds. The fourth-order valence-corrected chi connectivity index (χ4v) is 2.32. The molecule has 0 saturated heterocycles. The molecule has 0 aliphatic rings. The quantitative estimate of drug-likeness (QED) is 0.761. The van der Waals surface area contributed by atoms with Gasteiger partial charge in [-0.2, -0.15) is 5.10 Å². The van der Waals surface area contributed by atoms with Gasteiger partial charge in [-0.25, -0.2) is 0 Å². The van der Waals surface area contributed by atoms with Gasteiger partial charge in [-0.15, -0.1) is 0 Å². The zero-order valence-corrected chi connectivity index (χ0v) is 11.8. The molecule has 1 rings (SSSR count). The molecule has 0 aliphatic carbocycles. The summed E-state index contributed by atoms with van der Waals surface area (Å²) in [6.07, 6.45) is 6.35. The second-order valence-electron chi connectivity index (χ2n) is 5.88. The summed E-state index contributed by atoms with van der Waals surface area (Å²) in [6.45, 7) is 11.4. The molecule has 0 saturated carbocycles. The highest BCUT2D eigenvalue weighted by Crippen LogP contribution is 2.18. The minimum absolute atomic E-state index is 0.372. The Morgan fingerprint density at radius 2 is 1.71 bits per heavy atom. The molecule has 0 radical (unpaired) electrons. The normalized spacial score (nSPS) is 13.9. The predicted octanol–water partition coefficient (Wildman–Crippen LogP) is 3.52. The molecule has 17 heavy (non-hydrogen) atoms. The van der Waals surface area contributed by atoms with Gasteiger partial charge in [-0.3, -0.25) is 5.10 Å². The molecule has 2 N–H and O–H groups in total. The van der Waals surface area contributed by atoms with Gasteiger partial charge >= 0.3 is 0 Å². The monoisotopic (exact) mass is 237 g/mol.